The van der Waals surface area contributed by atoms with Crippen LogP contribution in [0.2, 0.25) is 0 Å². The van der Waals surface area contributed by atoms with Crippen molar-refractivity contribution >= 4 is 34.5 Å². The average molecular weight is 211 g/mol. The van der Waals surface area contributed by atoms with Gasteiger partial charge in [0.05, 0.1) is 0 Å². The number of aromatic nitrogens is 1. The fourth-order valence-electron chi connectivity index (χ4n) is 0.735. The van der Waals surface area contributed by atoms with Crippen LogP contribution in [0.5, 0.6) is 0 Å². The Hall–Kier alpha value is -1.07. The molecule has 1 aromatic rings. The fourth-order valence-corrected chi connectivity index (χ4v) is 1.12. The van der Waals surface area contributed by atoms with Crippen molar-refractivity contribution in [3.63, 3.8) is 0 Å². The molecule has 0 aliphatic heterocycles. The standard InChI is InChI=1S/C8H9N3S2/c1-9-8(13)11-7(12)6-3-2-4-10-5-6/h2-5H,1H3,(H2,9,11,12,13). The van der Waals surface area contributed by atoms with Crippen LogP contribution in [0.4, 0.5) is 0 Å². The average Bonchev–Trinajstić information content (AvgIpc) is 2.19. The molecule has 13 heavy (non-hydrogen) atoms. The molecule has 0 saturated heterocycles. The number of pyridine rings is 1. The molecule has 1 heterocycles. The summed E-state index contributed by atoms with van der Waals surface area (Å²) in [4.78, 5) is 4.52. The van der Waals surface area contributed by atoms with Gasteiger partial charge in [-0.1, -0.05) is 12.2 Å². The van der Waals surface area contributed by atoms with Gasteiger partial charge in [-0.15, -0.1) is 0 Å². The molecule has 0 aliphatic carbocycles. The molecule has 0 aliphatic rings. The van der Waals surface area contributed by atoms with E-state index in [0.29, 0.717) is 10.1 Å². The summed E-state index contributed by atoms with van der Waals surface area (Å²) in [5, 5.41) is 6.14. The van der Waals surface area contributed by atoms with Gasteiger partial charge in [0.2, 0.25) is 0 Å². The lowest BCUT2D eigenvalue weighted by molar-refractivity contribution is 1.14. The van der Waals surface area contributed by atoms with E-state index < -0.39 is 0 Å². The van der Waals surface area contributed by atoms with E-state index in [1.807, 2.05) is 12.1 Å². The molecule has 0 saturated carbocycles. The molecule has 0 radical (unpaired) electrons. The SMILES string of the molecule is CNC(=S)NC(=S)c1cccnc1. The van der Waals surface area contributed by atoms with Crippen LogP contribution in [0.25, 0.3) is 0 Å². The summed E-state index contributed by atoms with van der Waals surface area (Å²) in [6, 6.07) is 3.70. The molecule has 5 heteroatoms. The Morgan fingerprint density at radius 1 is 1.46 bits per heavy atom. The van der Waals surface area contributed by atoms with Gasteiger partial charge in [0.15, 0.2) is 5.11 Å². The minimum absolute atomic E-state index is 0.508. The first-order chi connectivity index (χ1) is 6.24. The van der Waals surface area contributed by atoms with Crippen LogP contribution >= 0.6 is 24.4 Å². The predicted molar refractivity (Wildman–Crippen MR) is 60.7 cm³/mol. The lowest BCUT2D eigenvalue weighted by Gasteiger charge is -2.07. The van der Waals surface area contributed by atoms with E-state index in [1.54, 1.807) is 19.4 Å². The monoisotopic (exact) mass is 211 g/mol. The first-order valence-corrected chi connectivity index (χ1v) is 4.49. The fraction of sp³-hybridized carbons (Fsp3) is 0.125. The molecule has 1 rings (SSSR count). The molecule has 1 aromatic heterocycles. The van der Waals surface area contributed by atoms with Gasteiger partial charge >= 0.3 is 0 Å². The number of thiocarbonyl (C=S) groups is 2. The van der Waals surface area contributed by atoms with E-state index in [1.165, 1.54) is 0 Å². The zero-order chi connectivity index (χ0) is 9.68. The Morgan fingerprint density at radius 2 is 2.23 bits per heavy atom. The molecule has 0 bridgehead atoms. The van der Waals surface area contributed by atoms with Crippen molar-refractivity contribution in [1.82, 2.24) is 15.6 Å². The van der Waals surface area contributed by atoms with Crippen LogP contribution in [0.1, 0.15) is 5.56 Å². The van der Waals surface area contributed by atoms with Crippen molar-refractivity contribution in [2.45, 2.75) is 0 Å². The van der Waals surface area contributed by atoms with E-state index in [2.05, 4.69) is 15.6 Å². The van der Waals surface area contributed by atoms with E-state index in [9.17, 15) is 0 Å². The molecule has 0 aromatic carbocycles. The summed E-state index contributed by atoms with van der Waals surface area (Å²) in [7, 11) is 1.74. The smallest absolute Gasteiger partial charge is 0.171 e. The summed E-state index contributed by atoms with van der Waals surface area (Å²) in [5.74, 6) is 0. The van der Waals surface area contributed by atoms with Gasteiger partial charge in [0.25, 0.3) is 0 Å². The van der Waals surface area contributed by atoms with Gasteiger partial charge in [-0.2, -0.15) is 0 Å². The second-order valence-electron chi connectivity index (χ2n) is 2.27. The Labute approximate surface area is 87.6 Å². The zero-order valence-electron chi connectivity index (χ0n) is 7.07. The largest absolute Gasteiger partial charge is 0.366 e. The molecule has 0 atom stereocenters. The molecular formula is C8H9N3S2. The van der Waals surface area contributed by atoms with Crippen LogP contribution in [0, 0.1) is 0 Å². The third-order valence-electron chi connectivity index (χ3n) is 1.38. The quantitative estimate of drug-likeness (QED) is 0.674. The molecule has 0 unspecified atom stereocenters. The number of rotatable bonds is 1. The van der Waals surface area contributed by atoms with Crippen LogP contribution in [-0.2, 0) is 0 Å². The van der Waals surface area contributed by atoms with E-state index in [4.69, 9.17) is 24.4 Å². The lowest BCUT2D eigenvalue weighted by Crippen LogP contribution is -2.36. The summed E-state index contributed by atoms with van der Waals surface area (Å²) in [6.45, 7) is 0. The maximum atomic E-state index is 5.08. The zero-order valence-corrected chi connectivity index (χ0v) is 8.71. The third-order valence-corrected chi connectivity index (χ3v) is 2.02. The van der Waals surface area contributed by atoms with Gasteiger partial charge in [0, 0.05) is 25.0 Å². The summed E-state index contributed by atoms with van der Waals surface area (Å²) >= 11 is 9.99. The first-order valence-electron chi connectivity index (χ1n) is 3.67. The normalized spacial score (nSPS) is 9.00. The Bertz CT molecular complexity index is 310. The summed E-state index contributed by atoms with van der Waals surface area (Å²) in [6.07, 6.45) is 3.39. The number of hydrogen-bond acceptors (Lipinski definition) is 3. The van der Waals surface area contributed by atoms with Gasteiger partial charge < -0.3 is 10.6 Å². The van der Waals surface area contributed by atoms with E-state index in [0.717, 1.165) is 5.56 Å². The minimum Gasteiger partial charge on any atom is -0.366 e. The second-order valence-corrected chi connectivity index (χ2v) is 3.09. The van der Waals surface area contributed by atoms with Crippen LogP contribution in [0.15, 0.2) is 24.5 Å². The van der Waals surface area contributed by atoms with Crippen molar-refractivity contribution in [2.24, 2.45) is 0 Å². The number of nitrogens with one attached hydrogen (secondary N) is 2. The highest BCUT2D eigenvalue weighted by atomic mass is 32.1. The van der Waals surface area contributed by atoms with Crippen LogP contribution < -0.4 is 10.6 Å². The molecule has 3 nitrogen and oxygen atoms in total. The highest BCUT2D eigenvalue weighted by molar-refractivity contribution is 7.82. The molecule has 2 N–H and O–H groups in total. The molecule has 0 fully saturated rings. The van der Waals surface area contributed by atoms with E-state index >= 15 is 0 Å². The van der Waals surface area contributed by atoms with Crippen molar-refractivity contribution < 1.29 is 0 Å². The van der Waals surface area contributed by atoms with Gasteiger partial charge in [-0.3, -0.25) is 4.98 Å². The Balaban J connectivity index is 2.65. The molecular weight excluding hydrogens is 202 g/mol. The topological polar surface area (TPSA) is 37.0 Å². The first kappa shape index (κ1) is 10.0. The number of nitrogens with zero attached hydrogens (tertiary/aromatic N) is 1. The number of hydrogen-bond donors (Lipinski definition) is 2. The maximum Gasteiger partial charge on any atom is 0.171 e. The predicted octanol–water partition coefficient (Wildman–Crippen LogP) is 0.851. The van der Waals surface area contributed by atoms with E-state index in [-0.39, 0.29) is 0 Å². The second kappa shape index (κ2) is 4.84. The lowest BCUT2D eigenvalue weighted by atomic mass is 10.3. The Kier molecular flexibility index (Phi) is 3.72. The van der Waals surface area contributed by atoms with Crippen LogP contribution in [0.3, 0.4) is 0 Å². The third kappa shape index (κ3) is 3.04. The summed E-state index contributed by atoms with van der Waals surface area (Å²) < 4.78 is 0. The van der Waals surface area contributed by atoms with Crippen molar-refractivity contribution in [3.8, 4) is 0 Å². The Morgan fingerprint density at radius 3 is 2.77 bits per heavy atom. The van der Waals surface area contributed by atoms with Crippen molar-refractivity contribution in [1.29, 1.82) is 0 Å². The highest BCUT2D eigenvalue weighted by Crippen LogP contribution is 1.96. The van der Waals surface area contributed by atoms with Gasteiger partial charge in [-0.25, -0.2) is 0 Å². The highest BCUT2D eigenvalue weighted by Gasteiger charge is 2.00. The molecule has 0 amide bonds. The molecule has 68 valence electrons. The molecule has 0 spiro atoms. The van der Waals surface area contributed by atoms with Crippen molar-refractivity contribution in [2.75, 3.05) is 7.05 Å². The van der Waals surface area contributed by atoms with Crippen LogP contribution in [-0.4, -0.2) is 22.1 Å². The maximum absolute atomic E-state index is 5.08. The van der Waals surface area contributed by atoms with Crippen molar-refractivity contribution in [3.05, 3.63) is 30.1 Å². The minimum atomic E-state index is 0.508. The van der Waals surface area contributed by atoms with Gasteiger partial charge in [0.1, 0.15) is 4.99 Å². The van der Waals surface area contributed by atoms with Gasteiger partial charge in [-0.05, 0) is 24.4 Å². The summed E-state index contributed by atoms with van der Waals surface area (Å²) in [5.41, 5.74) is 0.857.